The maximum Gasteiger partial charge on any atom is 0.0683 e. The molecule has 1 saturated heterocycles. The zero-order valence-corrected chi connectivity index (χ0v) is 5.59. The van der Waals surface area contributed by atoms with Crippen molar-refractivity contribution >= 4 is 0 Å². The molecular weight excluding hydrogens is 118 g/mol. The predicted octanol–water partition coefficient (Wildman–Crippen LogP) is -0.908. The Morgan fingerprint density at radius 2 is 2.44 bits per heavy atom. The van der Waals surface area contributed by atoms with Gasteiger partial charge in [0.15, 0.2) is 0 Å². The van der Waals surface area contributed by atoms with Crippen molar-refractivity contribution in [3.63, 3.8) is 0 Å². The molecule has 54 valence electrons. The van der Waals surface area contributed by atoms with Crippen molar-refractivity contribution in [1.29, 1.82) is 0 Å². The lowest BCUT2D eigenvalue weighted by Crippen LogP contribution is -2.39. The fraction of sp³-hybridized carbons (Fsp3) is 1.00. The predicted molar refractivity (Wildman–Crippen MR) is 34.1 cm³/mol. The number of rotatable bonds is 1. The van der Waals surface area contributed by atoms with Gasteiger partial charge in [0.1, 0.15) is 0 Å². The number of hydrogen-bond donors (Lipinski definition) is 3. The molecule has 0 aromatic heterocycles. The summed E-state index contributed by atoms with van der Waals surface area (Å²) >= 11 is 0. The third-order valence-electron chi connectivity index (χ3n) is 1.80. The van der Waals surface area contributed by atoms with Crippen LogP contribution in [-0.4, -0.2) is 35.0 Å². The van der Waals surface area contributed by atoms with Gasteiger partial charge in [0, 0.05) is 12.1 Å². The molecule has 0 amide bonds. The molecule has 3 N–H and O–H groups in total. The highest BCUT2D eigenvalue weighted by molar-refractivity contribution is 4.92. The zero-order valence-electron chi connectivity index (χ0n) is 5.59. The molecule has 3 heteroatoms. The van der Waals surface area contributed by atoms with E-state index < -0.39 is 0 Å². The van der Waals surface area contributed by atoms with E-state index in [1.165, 1.54) is 0 Å². The maximum absolute atomic E-state index is 9.02. The molecule has 1 aliphatic rings. The van der Waals surface area contributed by atoms with E-state index in [1.807, 2.05) is 6.92 Å². The molecule has 1 aliphatic heterocycles. The summed E-state index contributed by atoms with van der Waals surface area (Å²) in [6.07, 6.45) is 0.380. The fourth-order valence-corrected chi connectivity index (χ4v) is 1.15. The smallest absolute Gasteiger partial charge is 0.0683 e. The van der Waals surface area contributed by atoms with Crippen LogP contribution in [0.3, 0.4) is 0 Å². The number of nitrogens with one attached hydrogen (secondary N) is 1. The minimum atomic E-state index is -0.276. The number of aliphatic hydroxyl groups excluding tert-OH is 2. The Morgan fingerprint density at radius 1 is 1.78 bits per heavy atom. The van der Waals surface area contributed by atoms with Crippen molar-refractivity contribution < 1.29 is 10.2 Å². The number of β-amino-alcohol motifs (C(OH)–C–C–N with tert-alkyl or cyclic N) is 1. The number of hydrogen-bond acceptors (Lipinski definition) is 3. The fourth-order valence-electron chi connectivity index (χ4n) is 1.15. The van der Waals surface area contributed by atoms with Crippen LogP contribution in [0.1, 0.15) is 13.3 Å². The second-order valence-corrected chi connectivity index (χ2v) is 2.96. The highest BCUT2D eigenvalue weighted by atomic mass is 16.3. The minimum absolute atomic E-state index is 0.101. The lowest BCUT2D eigenvalue weighted by molar-refractivity contribution is 0.156. The van der Waals surface area contributed by atoms with Gasteiger partial charge in [0.2, 0.25) is 0 Å². The highest BCUT2D eigenvalue weighted by Gasteiger charge is 2.32. The lowest BCUT2D eigenvalue weighted by atomic mass is 10.0. The van der Waals surface area contributed by atoms with E-state index in [9.17, 15) is 0 Å². The van der Waals surface area contributed by atoms with Crippen LogP contribution < -0.4 is 5.32 Å². The van der Waals surface area contributed by atoms with E-state index in [0.29, 0.717) is 13.0 Å². The van der Waals surface area contributed by atoms with Gasteiger partial charge in [0.05, 0.1) is 12.7 Å². The van der Waals surface area contributed by atoms with Crippen molar-refractivity contribution in [3.8, 4) is 0 Å². The average molecular weight is 131 g/mol. The molecular formula is C6H13NO2. The molecule has 9 heavy (non-hydrogen) atoms. The van der Waals surface area contributed by atoms with Crippen LogP contribution in [0.5, 0.6) is 0 Å². The van der Waals surface area contributed by atoms with Crippen LogP contribution >= 0.6 is 0 Å². The van der Waals surface area contributed by atoms with Crippen LogP contribution in [0.25, 0.3) is 0 Å². The summed E-state index contributed by atoms with van der Waals surface area (Å²) < 4.78 is 0. The van der Waals surface area contributed by atoms with Gasteiger partial charge in [-0.15, -0.1) is 0 Å². The molecule has 0 spiro atoms. The van der Waals surface area contributed by atoms with Crippen molar-refractivity contribution in [2.24, 2.45) is 0 Å². The lowest BCUT2D eigenvalue weighted by Gasteiger charge is -2.19. The van der Waals surface area contributed by atoms with Gasteiger partial charge in [0.25, 0.3) is 0 Å². The van der Waals surface area contributed by atoms with Crippen molar-refractivity contribution in [2.45, 2.75) is 25.0 Å². The molecule has 1 rings (SSSR count). The van der Waals surface area contributed by atoms with Gasteiger partial charge >= 0.3 is 0 Å². The van der Waals surface area contributed by atoms with E-state index in [1.54, 1.807) is 0 Å². The van der Waals surface area contributed by atoms with E-state index in [-0.39, 0.29) is 18.2 Å². The van der Waals surface area contributed by atoms with E-state index in [0.717, 1.165) is 0 Å². The first kappa shape index (κ1) is 6.99. The van der Waals surface area contributed by atoms with Gasteiger partial charge in [-0.2, -0.15) is 0 Å². The summed E-state index contributed by atoms with van der Waals surface area (Å²) in [6.45, 7) is 2.62. The molecule has 0 aliphatic carbocycles. The van der Waals surface area contributed by atoms with Crippen molar-refractivity contribution in [1.82, 2.24) is 5.32 Å². The zero-order chi connectivity index (χ0) is 6.91. The van der Waals surface area contributed by atoms with Gasteiger partial charge in [-0.1, -0.05) is 0 Å². The molecule has 0 aromatic carbocycles. The Balaban J connectivity index is 2.45. The molecule has 0 aromatic rings. The normalized spacial score (nSPS) is 43.7. The first-order chi connectivity index (χ1) is 4.16. The molecule has 1 fully saturated rings. The molecule has 3 nitrogen and oxygen atoms in total. The standard InChI is InChI=1S/C6H13NO2/c1-6(4-8)2-5(9)3-7-6/h5,7-9H,2-4H2,1H3/t5-,6+/m0/s1. The van der Waals surface area contributed by atoms with Crippen molar-refractivity contribution in [3.05, 3.63) is 0 Å². The Labute approximate surface area is 54.7 Å². The van der Waals surface area contributed by atoms with Gasteiger partial charge < -0.3 is 15.5 Å². The first-order valence-corrected chi connectivity index (χ1v) is 3.20. The third kappa shape index (κ3) is 1.41. The SMILES string of the molecule is C[C@]1(CO)C[C@H](O)CN1. The monoisotopic (exact) mass is 131 g/mol. The van der Waals surface area contributed by atoms with Crippen LogP contribution in [0.2, 0.25) is 0 Å². The van der Waals surface area contributed by atoms with Crippen molar-refractivity contribution in [2.75, 3.05) is 13.2 Å². The molecule has 0 saturated carbocycles. The van der Waals surface area contributed by atoms with Crippen LogP contribution in [0, 0.1) is 0 Å². The van der Waals surface area contributed by atoms with Crippen LogP contribution in [0.15, 0.2) is 0 Å². The van der Waals surface area contributed by atoms with E-state index in [2.05, 4.69) is 5.32 Å². The van der Waals surface area contributed by atoms with Crippen LogP contribution in [-0.2, 0) is 0 Å². The highest BCUT2D eigenvalue weighted by Crippen LogP contribution is 2.17. The quantitative estimate of drug-likeness (QED) is 0.432. The summed E-state index contributed by atoms with van der Waals surface area (Å²) in [5.41, 5.74) is -0.237. The molecule has 0 bridgehead atoms. The summed E-state index contributed by atoms with van der Waals surface area (Å²) in [5, 5.41) is 20.8. The van der Waals surface area contributed by atoms with E-state index in [4.69, 9.17) is 10.2 Å². The molecule has 0 unspecified atom stereocenters. The average Bonchev–Trinajstić information content (AvgIpc) is 2.13. The Hall–Kier alpha value is -0.120. The van der Waals surface area contributed by atoms with Gasteiger partial charge in [-0.05, 0) is 13.3 Å². The summed E-state index contributed by atoms with van der Waals surface area (Å²) in [7, 11) is 0. The third-order valence-corrected chi connectivity index (χ3v) is 1.80. The Kier molecular flexibility index (Phi) is 1.75. The summed E-state index contributed by atoms with van der Waals surface area (Å²) in [6, 6.07) is 0. The van der Waals surface area contributed by atoms with Gasteiger partial charge in [-0.3, -0.25) is 0 Å². The first-order valence-electron chi connectivity index (χ1n) is 3.20. The molecule has 2 atom stereocenters. The maximum atomic E-state index is 9.02. The van der Waals surface area contributed by atoms with E-state index >= 15 is 0 Å². The number of aliphatic hydroxyl groups is 2. The Bertz CT molecular complexity index is 107. The molecule has 0 radical (unpaired) electrons. The summed E-state index contributed by atoms with van der Waals surface area (Å²) in [5.74, 6) is 0. The van der Waals surface area contributed by atoms with Gasteiger partial charge in [-0.25, -0.2) is 0 Å². The second-order valence-electron chi connectivity index (χ2n) is 2.96. The second kappa shape index (κ2) is 2.25. The van der Waals surface area contributed by atoms with Crippen LogP contribution in [0.4, 0.5) is 0 Å². The summed E-state index contributed by atoms with van der Waals surface area (Å²) in [4.78, 5) is 0. The Morgan fingerprint density at radius 3 is 2.67 bits per heavy atom. The minimum Gasteiger partial charge on any atom is -0.394 e. The molecule has 1 heterocycles. The largest absolute Gasteiger partial charge is 0.394 e. The topological polar surface area (TPSA) is 52.5 Å².